The molecule has 0 radical (unpaired) electrons. The van der Waals surface area contributed by atoms with Crippen LogP contribution < -0.4 is 15.8 Å². The van der Waals surface area contributed by atoms with E-state index >= 15 is 0 Å². The number of methoxy groups -OCH3 is 1. The van der Waals surface area contributed by atoms with E-state index in [0.29, 0.717) is 12.0 Å². The first-order valence-electron chi connectivity index (χ1n) is 6.75. The number of hydrogen-bond donors (Lipinski definition) is 2. The number of nitrogen functional groups attached to an aromatic ring is 1. The lowest BCUT2D eigenvalue weighted by molar-refractivity contribution is 0.219. The SMILES string of the molecule is CCCN1CCC(Nc2nc(N)nc(OC)n2)CC1. The van der Waals surface area contributed by atoms with E-state index in [9.17, 15) is 0 Å². The molecule has 1 aliphatic rings. The summed E-state index contributed by atoms with van der Waals surface area (Å²) in [5.74, 6) is 0.677. The number of nitrogens with one attached hydrogen (secondary N) is 1. The van der Waals surface area contributed by atoms with Gasteiger partial charge in [0.15, 0.2) is 0 Å². The zero-order valence-electron chi connectivity index (χ0n) is 11.6. The lowest BCUT2D eigenvalue weighted by Crippen LogP contribution is -2.39. The highest BCUT2D eigenvalue weighted by Gasteiger charge is 2.19. The summed E-state index contributed by atoms with van der Waals surface area (Å²) >= 11 is 0. The lowest BCUT2D eigenvalue weighted by atomic mass is 10.1. The molecule has 0 amide bonds. The van der Waals surface area contributed by atoms with Gasteiger partial charge in [-0.2, -0.15) is 15.0 Å². The first kappa shape index (κ1) is 13.8. The van der Waals surface area contributed by atoms with Crippen LogP contribution >= 0.6 is 0 Å². The van der Waals surface area contributed by atoms with Crippen molar-refractivity contribution in [2.24, 2.45) is 0 Å². The van der Waals surface area contributed by atoms with Crippen molar-refractivity contribution in [1.29, 1.82) is 0 Å². The van der Waals surface area contributed by atoms with Crippen molar-refractivity contribution in [2.45, 2.75) is 32.2 Å². The van der Waals surface area contributed by atoms with Crippen LogP contribution in [0.2, 0.25) is 0 Å². The van der Waals surface area contributed by atoms with Gasteiger partial charge in [-0.25, -0.2) is 0 Å². The fraction of sp³-hybridized carbons (Fsp3) is 0.750. The molecule has 0 spiro atoms. The predicted octanol–water partition coefficient (Wildman–Crippen LogP) is 0.749. The van der Waals surface area contributed by atoms with Crippen molar-refractivity contribution >= 4 is 11.9 Å². The van der Waals surface area contributed by atoms with Gasteiger partial charge < -0.3 is 20.7 Å². The van der Waals surface area contributed by atoms with Crippen LogP contribution in [0.4, 0.5) is 11.9 Å². The zero-order valence-corrected chi connectivity index (χ0v) is 11.6. The Hall–Kier alpha value is -1.63. The molecule has 0 aliphatic carbocycles. The summed E-state index contributed by atoms with van der Waals surface area (Å²) in [4.78, 5) is 14.6. The van der Waals surface area contributed by atoms with Crippen LogP contribution in [0.5, 0.6) is 6.01 Å². The maximum Gasteiger partial charge on any atom is 0.322 e. The molecular weight excluding hydrogens is 244 g/mol. The number of rotatable bonds is 5. The molecule has 1 aromatic heterocycles. The molecule has 19 heavy (non-hydrogen) atoms. The summed E-state index contributed by atoms with van der Waals surface area (Å²) < 4.78 is 4.98. The monoisotopic (exact) mass is 266 g/mol. The second-order valence-electron chi connectivity index (χ2n) is 4.76. The third-order valence-electron chi connectivity index (χ3n) is 3.28. The number of ether oxygens (including phenoxy) is 1. The fourth-order valence-corrected chi connectivity index (χ4v) is 2.33. The van der Waals surface area contributed by atoms with Crippen molar-refractivity contribution in [3.8, 4) is 6.01 Å². The highest BCUT2D eigenvalue weighted by atomic mass is 16.5. The summed E-state index contributed by atoms with van der Waals surface area (Å²) in [6.07, 6.45) is 3.39. The summed E-state index contributed by atoms with van der Waals surface area (Å²) in [5, 5.41) is 3.31. The van der Waals surface area contributed by atoms with Crippen molar-refractivity contribution in [2.75, 3.05) is 37.8 Å². The Morgan fingerprint density at radius 2 is 2.05 bits per heavy atom. The van der Waals surface area contributed by atoms with Gasteiger partial charge in [0.2, 0.25) is 11.9 Å². The van der Waals surface area contributed by atoms with Gasteiger partial charge in [-0.05, 0) is 25.8 Å². The first-order valence-corrected chi connectivity index (χ1v) is 6.75. The van der Waals surface area contributed by atoms with Gasteiger partial charge in [0.1, 0.15) is 0 Å². The molecule has 7 heteroatoms. The van der Waals surface area contributed by atoms with E-state index in [0.717, 1.165) is 25.9 Å². The normalized spacial score (nSPS) is 17.4. The Morgan fingerprint density at radius 1 is 1.32 bits per heavy atom. The van der Waals surface area contributed by atoms with E-state index < -0.39 is 0 Å². The van der Waals surface area contributed by atoms with E-state index in [4.69, 9.17) is 10.5 Å². The molecule has 0 atom stereocenters. The maximum atomic E-state index is 5.61. The van der Waals surface area contributed by atoms with E-state index in [2.05, 4.69) is 32.1 Å². The van der Waals surface area contributed by atoms with Crippen molar-refractivity contribution < 1.29 is 4.74 Å². The van der Waals surface area contributed by atoms with E-state index in [-0.39, 0.29) is 12.0 Å². The molecule has 3 N–H and O–H groups in total. The van der Waals surface area contributed by atoms with E-state index in [1.165, 1.54) is 20.1 Å². The van der Waals surface area contributed by atoms with Gasteiger partial charge in [-0.15, -0.1) is 0 Å². The quantitative estimate of drug-likeness (QED) is 0.812. The lowest BCUT2D eigenvalue weighted by Gasteiger charge is -2.32. The average molecular weight is 266 g/mol. The predicted molar refractivity (Wildman–Crippen MR) is 74.2 cm³/mol. The van der Waals surface area contributed by atoms with Crippen LogP contribution in [0.1, 0.15) is 26.2 Å². The molecule has 0 aromatic carbocycles. The minimum Gasteiger partial charge on any atom is -0.467 e. The van der Waals surface area contributed by atoms with Crippen LogP contribution in [0.3, 0.4) is 0 Å². The van der Waals surface area contributed by atoms with E-state index in [1.54, 1.807) is 0 Å². The van der Waals surface area contributed by atoms with Gasteiger partial charge in [0.25, 0.3) is 0 Å². The second kappa shape index (κ2) is 6.51. The molecule has 0 unspecified atom stereocenters. The topological polar surface area (TPSA) is 89.2 Å². The minimum atomic E-state index is 0.178. The molecule has 1 aromatic rings. The summed E-state index contributed by atoms with van der Waals surface area (Å²) in [7, 11) is 1.52. The van der Waals surface area contributed by atoms with Crippen LogP contribution in [0.25, 0.3) is 0 Å². The van der Waals surface area contributed by atoms with Crippen molar-refractivity contribution in [3.63, 3.8) is 0 Å². The summed E-state index contributed by atoms with van der Waals surface area (Å²) in [6, 6.07) is 0.637. The number of piperidine rings is 1. The smallest absolute Gasteiger partial charge is 0.322 e. The molecule has 106 valence electrons. The number of nitrogens with zero attached hydrogens (tertiary/aromatic N) is 4. The molecule has 2 heterocycles. The van der Waals surface area contributed by atoms with E-state index in [1.807, 2.05) is 0 Å². The number of aromatic nitrogens is 3. The highest BCUT2D eigenvalue weighted by Crippen LogP contribution is 2.16. The molecule has 2 rings (SSSR count). The highest BCUT2D eigenvalue weighted by molar-refractivity contribution is 5.33. The zero-order chi connectivity index (χ0) is 13.7. The Labute approximate surface area is 113 Å². The van der Waals surface area contributed by atoms with Gasteiger partial charge in [-0.3, -0.25) is 0 Å². The van der Waals surface area contributed by atoms with Gasteiger partial charge in [-0.1, -0.05) is 6.92 Å². The first-order chi connectivity index (χ1) is 9.21. The molecule has 1 saturated heterocycles. The molecule has 1 fully saturated rings. The largest absolute Gasteiger partial charge is 0.467 e. The van der Waals surface area contributed by atoms with Crippen molar-refractivity contribution in [1.82, 2.24) is 19.9 Å². The van der Waals surface area contributed by atoms with Crippen LogP contribution in [-0.2, 0) is 0 Å². The molecule has 0 bridgehead atoms. The standard InChI is InChI=1S/C12H22N6O/c1-3-6-18-7-4-9(5-8-18)14-11-15-10(13)16-12(17-11)19-2/h9H,3-8H2,1-2H3,(H3,13,14,15,16,17). The second-order valence-corrected chi connectivity index (χ2v) is 4.76. The van der Waals surface area contributed by atoms with Crippen LogP contribution in [0, 0.1) is 0 Å². The summed E-state index contributed by atoms with van der Waals surface area (Å²) in [6.45, 7) is 5.62. The maximum absolute atomic E-state index is 5.61. The molecule has 1 aliphatic heterocycles. The van der Waals surface area contributed by atoms with Crippen LogP contribution in [0.15, 0.2) is 0 Å². The van der Waals surface area contributed by atoms with Gasteiger partial charge >= 0.3 is 6.01 Å². The number of nitrogens with two attached hydrogens (primary N) is 1. The third kappa shape index (κ3) is 3.92. The number of hydrogen-bond acceptors (Lipinski definition) is 7. The Morgan fingerprint density at radius 3 is 2.68 bits per heavy atom. The minimum absolute atomic E-state index is 0.178. The molecule has 7 nitrogen and oxygen atoms in total. The number of likely N-dealkylation sites (tertiary alicyclic amines) is 1. The van der Waals surface area contributed by atoms with Gasteiger partial charge in [0.05, 0.1) is 7.11 Å². The van der Waals surface area contributed by atoms with Crippen molar-refractivity contribution in [3.05, 3.63) is 0 Å². The average Bonchev–Trinajstić information content (AvgIpc) is 2.40. The van der Waals surface area contributed by atoms with Crippen LogP contribution in [-0.4, -0.2) is 52.6 Å². The number of anilines is 2. The molecular formula is C12H22N6O. The Kier molecular flexibility index (Phi) is 4.73. The Bertz CT molecular complexity index is 405. The Balaban J connectivity index is 1.90. The molecule has 0 saturated carbocycles. The van der Waals surface area contributed by atoms with Gasteiger partial charge in [0, 0.05) is 19.1 Å². The fourth-order valence-electron chi connectivity index (χ4n) is 2.33. The third-order valence-corrected chi connectivity index (χ3v) is 3.28. The summed E-state index contributed by atoms with van der Waals surface area (Å²) in [5.41, 5.74) is 5.61.